The quantitative estimate of drug-likeness (QED) is 0.785. The fraction of sp³-hybridized carbons (Fsp3) is 0.143. The first-order valence-electron chi connectivity index (χ1n) is 6.02. The molecule has 3 nitrogen and oxygen atoms in total. The molecule has 1 atom stereocenters. The van der Waals surface area contributed by atoms with Gasteiger partial charge in [0.1, 0.15) is 10.7 Å². The van der Waals surface area contributed by atoms with Gasteiger partial charge in [-0.3, -0.25) is 0 Å². The van der Waals surface area contributed by atoms with Crippen molar-refractivity contribution in [3.63, 3.8) is 0 Å². The molecule has 0 aliphatic heterocycles. The molecule has 0 bridgehead atoms. The lowest BCUT2D eigenvalue weighted by Crippen LogP contribution is -2.30. The monoisotopic (exact) mass is 391 g/mol. The van der Waals surface area contributed by atoms with Gasteiger partial charge in [0.2, 0.25) is 10.0 Å². The van der Waals surface area contributed by atoms with E-state index in [1.54, 1.807) is 0 Å². The van der Waals surface area contributed by atoms with Crippen LogP contribution in [0, 0.1) is 5.82 Å². The minimum Gasteiger partial charge on any atom is -0.207 e. The standard InChI is InChI=1S/C14H12BrClFNO2S/c15-9-13(10-4-2-1-3-5-10)18-21(19,20)14-8-11(17)6-7-12(14)16/h1-8,13,18H,9H2. The van der Waals surface area contributed by atoms with Crippen molar-refractivity contribution in [3.8, 4) is 0 Å². The Kier molecular flexibility index (Phi) is 5.37. The smallest absolute Gasteiger partial charge is 0.207 e. The summed E-state index contributed by atoms with van der Waals surface area (Å²) in [6.07, 6.45) is 0. The Morgan fingerprint density at radius 2 is 1.86 bits per heavy atom. The molecule has 2 aromatic rings. The Hall–Kier alpha value is -0.950. The molecule has 0 aliphatic carbocycles. The molecule has 7 heteroatoms. The lowest BCUT2D eigenvalue weighted by atomic mass is 10.1. The average Bonchev–Trinajstić information content (AvgIpc) is 2.48. The number of nitrogens with one attached hydrogen (secondary N) is 1. The van der Waals surface area contributed by atoms with E-state index in [-0.39, 0.29) is 9.92 Å². The second kappa shape index (κ2) is 6.87. The van der Waals surface area contributed by atoms with Crippen LogP contribution in [0.3, 0.4) is 0 Å². The van der Waals surface area contributed by atoms with Crippen LogP contribution in [-0.4, -0.2) is 13.7 Å². The molecule has 112 valence electrons. The lowest BCUT2D eigenvalue weighted by Gasteiger charge is -2.17. The van der Waals surface area contributed by atoms with E-state index in [0.717, 1.165) is 17.7 Å². The zero-order valence-electron chi connectivity index (χ0n) is 10.8. The predicted octanol–water partition coefficient (Wildman–Crippen LogP) is 3.89. The van der Waals surface area contributed by atoms with E-state index < -0.39 is 21.9 Å². The molecule has 0 aliphatic rings. The minimum atomic E-state index is -3.92. The van der Waals surface area contributed by atoms with Crippen LogP contribution in [0.4, 0.5) is 4.39 Å². The van der Waals surface area contributed by atoms with Gasteiger partial charge in [-0.2, -0.15) is 0 Å². The summed E-state index contributed by atoms with van der Waals surface area (Å²) in [4.78, 5) is -0.272. The highest BCUT2D eigenvalue weighted by Gasteiger charge is 2.23. The van der Waals surface area contributed by atoms with Gasteiger partial charge in [-0.15, -0.1) is 0 Å². The molecule has 0 saturated heterocycles. The molecule has 0 heterocycles. The van der Waals surface area contributed by atoms with Crippen LogP contribution < -0.4 is 4.72 Å². The maximum atomic E-state index is 13.3. The summed E-state index contributed by atoms with van der Waals surface area (Å²) >= 11 is 9.13. The van der Waals surface area contributed by atoms with Crippen LogP contribution in [0.1, 0.15) is 11.6 Å². The number of rotatable bonds is 5. The highest BCUT2D eigenvalue weighted by atomic mass is 79.9. The first-order valence-corrected chi connectivity index (χ1v) is 9.00. The first-order chi connectivity index (χ1) is 9.94. The van der Waals surface area contributed by atoms with Crippen molar-refractivity contribution in [1.82, 2.24) is 4.72 Å². The van der Waals surface area contributed by atoms with Gasteiger partial charge in [0.05, 0.1) is 11.1 Å². The van der Waals surface area contributed by atoms with Crippen LogP contribution in [0.5, 0.6) is 0 Å². The third-order valence-corrected chi connectivity index (χ3v) is 5.44. The van der Waals surface area contributed by atoms with Gasteiger partial charge in [-0.05, 0) is 23.8 Å². The number of hydrogen-bond donors (Lipinski definition) is 1. The summed E-state index contributed by atoms with van der Waals surface area (Å²) < 4.78 is 40.5. The molecule has 1 N–H and O–H groups in total. The Balaban J connectivity index is 2.34. The minimum absolute atomic E-state index is 0.0229. The third-order valence-electron chi connectivity index (χ3n) is 2.84. The van der Waals surface area contributed by atoms with Gasteiger partial charge < -0.3 is 0 Å². The van der Waals surface area contributed by atoms with E-state index in [0.29, 0.717) is 5.33 Å². The normalized spacial score (nSPS) is 13.1. The summed E-state index contributed by atoms with van der Waals surface area (Å²) in [5.41, 5.74) is 0.797. The zero-order chi connectivity index (χ0) is 15.5. The van der Waals surface area contributed by atoms with Crippen molar-refractivity contribution in [2.24, 2.45) is 0 Å². The van der Waals surface area contributed by atoms with Crippen molar-refractivity contribution in [3.05, 3.63) is 64.9 Å². The Morgan fingerprint density at radius 1 is 1.19 bits per heavy atom. The van der Waals surface area contributed by atoms with Crippen LogP contribution >= 0.6 is 27.5 Å². The molecule has 0 radical (unpaired) electrons. The molecular formula is C14H12BrClFNO2S. The van der Waals surface area contributed by atoms with Crippen molar-refractivity contribution in [2.75, 3.05) is 5.33 Å². The van der Waals surface area contributed by atoms with Crippen molar-refractivity contribution in [2.45, 2.75) is 10.9 Å². The van der Waals surface area contributed by atoms with E-state index >= 15 is 0 Å². The molecule has 0 fully saturated rings. The fourth-order valence-electron chi connectivity index (χ4n) is 1.81. The number of sulfonamides is 1. The largest absolute Gasteiger partial charge is 0.242 e. The Bertz CT molecular complexity index is 725. The summed E-state index contributed by atoms with van der Waals surface area (Å²) in [7, 11) is -3.92. The average molecular weight is 393 g/mol. The van der Waals surface area contributed by atoms with Crippen molar-refractivity contribution in [1.29, 1.82) is 0 Å². The maximum Gasteiger partial charge on any atom is 0.242 e. The van der Waals surface area contributed by atoms with Gasteiger partial charge in [-0.1, -0.05) is 57.9 Å². The van der Waals surface area contributed by atoms with Gasteiger partial charge in [-0.25, -0.2) is 17.5 Å². The zero-order valence-corrected chi connectivity index (χ0v) is 13.9. The van der Waals surface area contributed by atoms with E-state index in [9.17, 15) is 12.8 Å². The topological polar surface area (TPSA) is 46.2 Å². The van der Waals surface area contributed by atoms with E-state index in [1.165, 1.54) is 6.07 Å². The van der Waals surface area contributed by atoms with Gasteiger partial charge in [0.25, 0.3) is 0 Å². The van der Waals surface area contributed by atoms with E-state index in [2.05, 4.69) is 20.7 Å². The van der Waals surface area contributed by atoms with Crippen molar-refractivity contribution >= 4 is 37.6 Å². The van der Waals surface area contributed by atoms with Crippen LogP contribution in [0.25, 0.3) is 0 Å². The third kappa shape index (κ3) is 4.03. The van der Waals surface area contributed by atoms with Gasteiger partial charge in [0, 0.05) is 5.33 Å². The number of alkyl halides is 1. The highest BCUT2D eigenvalue weighted by molar-refractivity contribution is 9.09. The number of benzene rings is 2. The van der Waals surface area contributed by atoms with Crippen LogP contribution in [-0.2, 0) is 10.0 Å². The molecule has 1 unspecified atom stereocenters. The summed E-state index contributed by atoms with van der Waals surface area (Å²) in [6, 6.07) is 11.8. The Morgan fingerprint density at radius 3 is 2.48 bits per heavy atom. The molecule has 2 rings (SSSR count). The molecule has 0 spiro atoms. The van der Waals surface area contributed by atoms with E-state index in [4.69, 9.17) is 11.6 Å². The van der Waals surface area contributed by atoms with Crippen LogP contribution in [0.15, 0.2) is 53.4 Å². The van der Waals surface area contributed by atoms with Crippen LogP contribution in [0.2, 0.25) is 5.02 Å². The summed E-state index contributed by atoms with van der Waals surface area (Å²) in [5.74, 6) is -0.658. The SMILES string of the molecule is O=S(=O)(NC(CBr)c1ccccc1)c1cc(F)ccc1Cl. The second-order valence-corrected chi connectivity index (χ2v) is 7.05. The highest BCUT2D eigenvalue weighted by Crippen LogP contribution is 2.25. The Labute approximate surface area is 136 Å². The fourth-order valence-corrected chi connectivity index (χ4v) is 4.29. The predicted molar refractivity (Wildman–Crippen MR) is 84.7 cm³/mol. The maximum absolute atomic E-state index is 13.3. The van der Waals surface area contributed by atoms with Gasteiger partial charge in [0.15, 0.2) is 0 Å². The molecule has 0 amide bonds. The van der Waals surface area contributed by atoms with E-state index in [1.807, 2.05) is 30.3 Å². The summed E-state index contributed by atoms with van der Waals surface area (Å²) in [6.45, 7) is 0. The summed E-state index contributed by atoms with van der Waals surface area (Å²) in [5, 5.41) is 0.355. The van der Waals surface area contributed by atoms with Gasteiger partial charge >= 0.3 is 0 Å². The number of halogens is 3. The lowest BCUT2D eigenvalue weighted by molar-refractivity contribution is 0.566. The molecule has 2 aromatic carbocycles. The first kappa shape index (κ1) is 16.4. The van der Waals surface area contributed by atoms with Crippen molar-refractivity contribution < 1.29 is 12.8 Å². The molecule has 21 heavy (non-hydrogen) atoms. The molecule has 0 aromatic heterocycles. The number of hydrogen-bond acceptors (Lipinski definition) is 2. The molecule has 0 saturated carbocycles. The molecular weight excluding hydrogens is 381 g/mol. The second-order valence-electron chi connectivity index (χ2n) is 4.31.